The third-order valence-electron chi connectivity index (χ3n) is 2.27. The Morgan fingerprint density at radius 2 is 2.20 bits per heavy atom. The summed E-state index contributed by atoms with van der Waals surface area (Å²) in [6, 6.07) is -1.28. The molecule has 0 aromatic carbocycles. The molecule has 0 unspecified atom stereocenters. The first-order valence-corrected chi connectivity index (χ1v) is 4.85. The summed E-state index contributed by atoms with van der Waals surface area (Å²) in [7, 11) is 0. The molecule has 1 heterocycles. The van der Waals surface area contributed by atoms with E-state index in [2.05, 4.69) is 5.32 Å². The van der Waals surface area contributed by atoms with Gasteiger partial charge in [0.15, 0.2) is 6.04 Å². The van der Waals surface area contributed by atoms with Gasteiger partial charge < -0.3 is 20.3 Å². The molecule has 86 valence electrons. The number of hydrogen-bond donors (Lipinski definition) is 3. The molecule has 0 saturated carbocycles. The Kier molecular flexibility index (Phi) is 4.05. The summed E-state index contributed by atoms with van der Waals surface area (Å²) in [6.45, 7) is 1.83. The van der Waals surface area contributed by atoms with Crippen LogP contribution in [-0.4, -0.2) is 46.9 Å². The molecule has 6 heteroatoms. The summed E-state index contributed by atoms with van der Waals surface area (Å²) < 4.78 is 5.09. The van der Waals surface area contributed by atoms with Crippen LogP contribution >= 0.6 is 0 Å². The predicted molar refractivity (Wildman–Crippen MR) is 50.2 cm³/mol. The molecule has 0 aliphatic carbocycles. The Morgan fingerprint density at radius 3 is 2.60 bits per heavy atom. The molecule has 0 spiro atoms. The SMILES string of the molecule is C[C@@H](O)[C@H](NC(=O)[C@@H]1CCCO1)C(=O)O. The molecule has 0 bridgehead atoms. The molecule has 3 N–H and O–H groups in total. The van der Waals surface area contributed by atoms with Crippen molar-refractivity contribution in [2.75, 3.05) is 6.61 Å². The molecule has 1 fully saturated rings. The van der Waals surface area contributed by atoms with Crippen molar-refractivity contribution in [3.05, 3.63) is 0 Å². The summed E-state index contributed by atoms with van der Waals surface area (Å²) in [4.78, 5) is 22.1. The normalized spacial score (nSPS) is 24.5. The fourth-order valence-electron chi connectivity index (χ4n) is 1.42. The van der Waals surface area contributed by atoms with Crippen molar-refractivity contribution >= 4 is 11.9 Å². The fourth-order valence-corrected chi connectivity index (χ4v) is 1.42. The van der Waals surface area contributed by atoms with E-state index in [9.17, 15) is 9.59 Å². The van der Waals surface area contributed by atoms with Crippen LogP contribution in [0.3, 0.4) is 0 Å². The summed E-state index contributed by atoms with van der Waals surface area (Å²) >= 11 is 0. The summed E-state index contributed by atoms with van der Waals surface area (Å²) in [5, 5.41) is 20.1. The lowest BCUT2D eigenvalue weighted by Crippen LogP contribution is -2.50. The van der Waals surface area contributed by atoms with Crippen LogP contribution in [-0.2, 0) is 14.3 Å². The first-order chi connectivity index (χ1) is 7.02. The molecular formula is C9H15NO5. The maximum absolute atomic E-state index is 11.5. The minimum atomic E-state index is -1.28. The highest BCUT2D eigenvalue weighted by Gasteiger charge is 2.30. The quantitative estimate of drug-likeness (QED) is 0.568. The van der Waals surface area contributed by atoms with E-state index < -0.39 is 30.1 Å². The lowest BCUT2D eigenvalue weighted by Gasteiger charge is -2.19. The van der Waals surface area contributed by atoms with Crippen molar-refractivity contribution in [2.24, 2.45) is 0 Å². The van der Waals surface area contributed by atoms with Crippen molar-refractivity contribution < 1.29 is 24.5 Å². The van der Waals surface area contributed by atoms with Gasteiger partial charge in [0.05, 0.1) is 6.10 Å². The molecule has 1 aliphatic rings. The monoisotopic (exact) mass is 217 g/mol. The Hall–Kier alpha value is -1.14. The number of carboxylic acid groups (broad SMARTS) is 1. The number of rotatable bonds is 4. The summed E-state index contributed by atoms with van der Waals surface area (Å²) in [5.41, 5.74) is 0. The molecular weight excluding hydrogens is 202 g/mol. The van der Waals surface area contributed by atoms with E-state index in [4.69, 9.17) is 14.9 Å². The van der Waals surface area contributed by atoms with Crippen molar-refractivity contribution in [3.8, 4) is 0 Å². The van der Waals surface area contributed by atoms with Gasteiger partial charge in [-0.15, -0.1) is 0 Å². The molecule has 1 amide bonds. The molecule has 3 atom stereocenters. The number of carbonyl (C=O) groups is 2. The van der Waals surface area contributed by atoms with Crippen LogP contribution in [0, 0.1) is 0 Å². The molecule has 15 heavy (non-hydrogen) atoms. The maximum Gasteiger partial charge on any atom is 0.328 e. The molecule has 0 radical (unpaired) electrons. The molecule has 1 saturated heterocycles. The number of nitrogens with one attached hydrogen (secondary N) is 1. The van der Waals surface area contributed by atoms with Gasteiger partial charge in [0.25, 0.3) is 0 Å². The number of aliphatic carboxylic acids is 1. The van der Waals surface area contributed by atoms with Crippen LogP contribution < -0.4 is 5.32 Å². The van der Waals surface area contributed by atoms with Gasteiger partial charge in [-0.3, -0.25) is 4.79 Å². The van der Waals surface area contributed by atoms with Crippen molar-refractivity contribution in [1.82, 2.24) is 5.32 Å². The molecule has 0 aromatic heterocycles. The average molecular weight is 217 g/mol. The number of carboxylic acids is 1. The average Bonchev–Trinajstić information content (AvgIpc) is 2.65. The van der Waals surface area contributed by atoms with Crippen molar-refractivity contribution in [1.29, 1.82) is 0 Å². The lowest BCUT2D eigenvalue weighted by molar-refractivity contribution is -0.146. The first kappa shape index (κ1) is 11.9. The van der Waals surface area contributed by atoms with Gasteiger partial charge in [-0.05, 0) is 19.8 Å². The highest BCUT2D eigenvalue weighted by atomic mass is 16.5. The third-order valence-corrected chi connectivity index (χ3v) is 2.27. The van der Waals surface area contributed by atoms with Crippen molar-refractivity contribution in [3.63, 3.8) is 0 Å². The second-order valence-electron chi connectivity index (χ2n) is 3.57. The van der Waals surface area contributed by atoms with Crippen LogP contribution in [0.5, 0.6) is 0 Å². The van der Waals surface area contributed by atoms with E-state index in [1.807, 2.05) is 0 Å². The summed E-state index contributed by atoms with van der Waals surface area (Å²) in [5.74, 6) is -1.72. The van der Waals surface area contributed by atoms with E-state index in [-0.39, 0.29) is 0 Å². The molecule has 0 aromatic rings. The number of amides is 1. The van der Waals surface area contributed by atoms with Gasteiger partial charge in [0.2, 0.25) is 5.91 Å². The van der Waals surface area contributed by atoms with E-state index >= 15 is 0 Å². The van der Waals surface area contributed by atoms with Crippen LogP contribution in [0.2, 0.25) is 0 Å². The van der Waals surface area contributed by atoms with Crippen molar-refractivity contribution in [2.45, 2.75) is 38.0 Å². The first-order valence-electron chi connectivity index (χ1n) is 4.85. The van der Waals surface area contributed by atoms with E-state index in [0.29, 0.717) is 13.0 Å². The van der Waals surface area contributed by atoms with Crippen LogP contribution in [0.1, 0.15) is 19.8 Å². The van der Waals surface area contributed by atoms with Gasteiger partial charge in [0, 0.05) is 6.61 Å². The van der Waals surface area contributed by atoms with Gasteiger partial charge in [0.1, 0.15) is 6.10 Å². The standard InChI is InChI=1S/C9H15NO5/c1-5(11)7(9(13)14)10-8(12)6-3-2-4-15-6/h5-7,11H,2-4H2,1H3,(H,10,12)(H,13,14)/t5-,6+,7+/m1/s1. The number of hydrogen-bond acceptors (Lipinski definition) is 4. The molecule has 1 aliphatic heterocycles. The Balaban J connectivity index is 2.50. The largest absolute Gasteiger partial charge is 0.480 e. The fraction of sp³-hybridized carbons (Fsp3) is 0.778. The van der Waals surface area contributed by atoms with Crippen LogP contribution in [0.4, 0.5) is 0 Å². The second-order valence-corrected chi connectivity index (χ2v) is 3.57. The third kappa shape index (κ3) is 3.17. The minimum absolute atomic E-state index is 0.471. The van der Waals surface area contributed by atoms with E-state index in [1.165, 1.54) is 6.92 Å². The second kappa shape index (κ2) is 5.09. The highest BCUT2D eigenvalue weighted by molar-refractivity contribution is 5.86. The smallest absolute Gasteiger partial charge is 0.328 e. The predicted octanol–water partition coefficient (Wildman–Crippen LogP) is -0.884. The van der Waals surface area contributed by atoms with Gasteiger partial charge in [-0.1, -0.05) is 0 Å². The van der Waals surface area contributed by atoms with Gasteiger partial charge in [-0.25, -0.2) is 4.79 Å². The van der Waals surface area contributed by atoms with E-state index in [0.717, 1.165) is 6.42 Å². The number of carbonyl (C=O) groups excluding carboxylic acids is 1. The van der Waals surface area contributed by atoms with Crippen LogP contribution in [0.25, 0.3) is 0 Å². The topological polar surface area (TPSA) is 95.9 Å². The highest BCUT2D eigenvalue weighted by Crippen LogP contribution is 2.12. The maximum atomic E-state index is 11.5. The zero-order valence-electron chi connectivity index (χ0n) is 8.47. The minimum Gasteiger partial charge on any atom is -0.480 e. The van der Waals surface area contributed by atoms with Crippen LogP contribution in [0.15, 0.2) is 0 Å². The Bertz CT molecular complexity index is 247. The zero-order valence-corrected chi connectivity index (χ0v) is 8.47. The molecule has 1 rings (SSSR count). The Morgan fingerprint density at radius 1 is 1.53 bits per heavy atom. The summed E-state index contributed by atoms with van der Waals surface area (Å²) in [6.07, 6.45) is -0.318. The zero-order chi connectivity index (χ0) is 11.4. The van der Waals surface area contributed by atoms with Gasteiger partial charge >= 0.3 is 5.97 Å². The Labute approximate surface area is 87.2 Å². The number of aliphatic hydroxyl groups excluding tert-OH is 1. The van der Waals surface area contributed by atoms with E-state index in [1.54, 1.807) is 0 Å². The lowest BCUT2D eigenvalue weighted by atomic mass is 10.1. The number of ether oxygens (including phenoxy) is 1. The number of aliphatic hydroxyl groups is 1. The van der Waals surface area contributed by atoms with Gasteiger partial charge in [-0.2, -0.15) is 0 Å². The molecule has 6 nitrogen and oxygen atoms in total.